The molecule has 4 fully saturated rings. The predicted octanol–water partition coefficient (Wildman–Crippen LogP) is 2.65. The van der Waals surface area contributed by atoms with E-state index in [4.69, 9.17) is 9.47 Å². The molecule has 6 rings (SSSR count). The van der Waals surface area contributed by atoms with Gasteiger partial charge in [0, 0.05) is 18.8 Å². The van der Waals surface area contributed by atoms with Crippen molar-refractivity contribution in [3.05, 3.63) is 71.8 Å². The highest BCUT2D eigenvalue weighted by Crippen LogP contribution is 2.42. The number of hydrogen-bond donors (Lipinski definition) is 0. The minimum absolute atomic E-state index is 0. The van der Waals surface area contributed by atoms with E-state index in [1.54, 1.807) is 0 Å². The van der Waals surface area contributed by atoms with Crippen molar-refractivity contribution in [3.63, 3.8) is 0 Å². The van der Waals surface area contributed by atoms with Crippen molar-refractivity contribution in [2.45, 2.75) is 69.5 Å². The molecule has 1 aliphatic carbocycles. The van der Waals surface area contributed by atoms with Gasteiger partial charge < -0.3 is 30.9 Å². The number of benzene rings is 2. The van der Waals surface area contributed by atoms with Gasteiger partial charge in [-0.15, -0.1) is 0 Å². The van der Waals surface area contributed by atoms with Crippen LogP contribution < -0.4 is 17.0 Å². The second kappa shape index (κ2) is 12.0. The third-order valence-electron chi connectivity index (χ3n) is 8.80. The van der Waals surface area contributed by atoms with E-state index in [2.05, 4.69) is 48.5 Å². The first-order valence-corrected chi connectivity index (χ1v) is 13.4. The third-order valence-corrected chi connectivity index (χ3v) is 8.80. The lowest BCUT2D eigenvalue weighted by atomic mass is 9.74. The molecule has 0 unspecified atom stereocenters. The topological polar surface area (TPSA) is 35.5 Å². The SMILES string of the molecule is O=C(O[C@H]1C[N+]2(CCOCc3ccccc3)CCC1CC2)C1(c2ccccc2)CCCCCC1.[Br-]. The summed E-state index contributed by atoms with van der Waals surface area (Å²) in [5, 5.41) is 0. The molecule has 4 aliphatic rings. The monoisotopic (exact) mass is 541 g/mol. The zero-order valence-electron chi connectivity index (χ0n) is 20.9. The standard InChI is InChI=1S/C30H40NO3.BrH/c32-29(30(17-9-1-2-10-18-30)27-13-7-4-8-14-27)34-28-23-31(19-15-26(28)16-20-31)21-22-33-24-25-11-5-3-6-12-25;/h3-8,11-14,26,28H,1-2,9-10,15-24H2;1H/q+1;/p-1/t26?,28-,31?;/m0./s1. The van der Waals surface area contributed by atoms with Gasteiger partial charge in [-0.2, -0.15) is 0 Å². The number of carbonyl (C=O) groups excluding carboxylic acids is 1. The molecular formula is C30H40BrNO3. The molecule has 0 radical (unpaired) electrons. The van der Waals surface area contributed by atoms with Gasteiger partial charge in [0.25, 0.3) is 0 Å². The molecule has 5 heteroatoms. The average Bonchev–Trinajstić information content (AvgIpc) is 3.16. The summed E-state index contributed by atoms with van der Waals surface area (Å²) in [6.07, 6.45) is 8.86. The van der Waals surface area contributed by atoms with Gasteiger partial charge in [-0.1, -0.05) is 86.3 Å². The molecule has 3 aliphatic heterocycles. The van der Waals surface area contributed by atoms with Crippen molar-refractivity contribution >= 4 is 5.97 Å². The maximum Gasteiger partial charge on any atom is 0.317 e. The van der Waals surface area contributed by atoms with Gasteiger partial charge in [0.05, 0.1) is 31.7 Å². The van der Waals surface area contributed by atoms with Crippen LogP contribution in [0.5, 0.6) is 0 Å². The number of carbonyl (C=O) groups is 1. The van der Waals surface area contributed by atoms with Crippen LogP contribution in [-0.2, 0) is 26.3 Å². The second-order valence-electron chi connectivity index (χ2n) is 10.9. The van der Waals surface area contributed by atoms with Crippen molar-refractivity contribution in [2.24, 2.45) is 5.92 Å². The molecule has 0 aromatic heterocycles. The first kappa shape index (κ1) is 26.4. The second-order valence-corrected chi connectivity index (χ2v) is 10.9. The summed E-state index contributed by atoms with van der Waals surface area (Å²) in [7, 11) is 0. The lowest BCUT2D eigenvalue weighted by molar-refractivity contribution is -0.946. The highest BCUT2D eigenvalue weighted by atomic mass is 79.9. The van der Waals surface area contributed by atoms with Gasteiger partial charge in [0.2, 0.25) is 0 Å². The fraction of sp³-hybridized carbons (Fsp3) is 0.567. The van der Waals surface area contributed by atoms with Gasteiger partial charge in [-0.25, -0.2) is 0 Å². The van der Waals surface area contributed by atoms with Crippen LogP contribution in [0.4, 0.5) is 0 Å². The fourth-order valence-electron chi connectivity index (χ4n) is 6.64. The Labute approximate surface area is 221 Å². The first-order valence-electron chi connectivity index (χ1n) is 13.4. The van der Waals surface area contributed by atoms with Crippen LogP contribution in [0.15, 0.2) is 60.7 Å². The summed E-state index contributed by atoms with van der Waals surface area (Å²) in [6, 6.07) is 20.9. The summed E-state index contributed by atoms with van der Waals surface area (Å²) in [6.45, 7) is 5.78. The van der Waals surface area contributed by atoms with Gasteiger partial charge >= 0.3 is 5.97 Å². The largest absolute Gasteiger partial charge is 1.00 e. The smallest absolute Gasteiger partial charge is 0.317 e. The molecular weight excluding hydrogens is 502 g/mol. The van der Waals surface area contributed by atoms with E-state index in [9.17, 15) is 4.79 Å². The van der Waals surface area contributed by atoms with E-state index >= 15 is 0 Å². The van der Waals surface area contributed by atoms with Crippen molar-refractivity contribution in [2.75, 3.05) is 32.8 Å². The van der Waals surface area contributed by atoms with E-state index < -0.39 is 5.41 Å². The van der Waals surface area contributed by atoms with E-state index in [1.807, 2.05) is 12.1 Å². The molecule has 0 spiro atoms. The summed E-state index contributed by atoms with van der Waals surface area (Å²) in [4.78, 5) is 13.9. The number of ether oxygens (including phenoxy) is 2. The number of halogens is 1. The number of quaternary nitrogens is 1. The van der Waals surface area contributed by atoms with Crippen LogP contribution in [0, 0.1) is 5.92 Å². The van der Waals surface area contributed by atoms with E-state index in [0.29, 0.717) is 12.5 Å². The van der Waals surface area contributed by atoms with Crippen LogP contribution in [0.25, 0.3) is 0 Å². The zero-order chi connectivity index (χ0) is 23.3. The van der Waals surface area contributed by atoms with Crippen molar-refractivity contribution in [3.8, 4) is 0 Å². The van der Waals surface area contributed by atoms with Crippen LogP contribution >= 0.6 is 0 Å². The van der Waals surface area contributed by atoms with Gasteiger partial charge in [0.1, 0.15) is 13.1 Å². The molecule has 3 heterocycles. The van der Waals surface area contributed by atoms with Gasteiger partial charge in [-0.05, 0) is 24.0 Å². The Bertz CT molecular complexity index is 919. The molecule has 0 amide bonds. The lowest BCUT2D eigenvalue weighted by Crippen LogP contribution is -3.00. The highest BCUT2D eigenvalue weighted by molar-refractivity contribution is 5.83. The lowest BCUT2D eigenvalue weighted by Gasteiger charge is -2.52. The molecule has 2 aromatic carbocycles. The van der Waals surface area contributed by atoms with Gasteiger partial charge in [0.15, 0.2) is 6.10 Å². The maximum atomic E-state index is 13.9. The Balaban J connectivity index is 0.00000289. The Morgan fingerprint density at radius 2 is 1.51 bits per heavy atom. The number of esters is 1. The normalized spacial score (nSPS) is 27.4. The van der Waals surface area contributed by atoms with Crippen LogP contribution in [0.2, 0.25) is 0 Å². The number of piperidine rings is 3. The van der Waals surface area contributed by atoms with Crippen LogP contribution in [-0.4, -0.2) is 49.3 Å². The summed E-state index contributed by atoms with van der Waals surface area (Å²) < 4.78 is 13.6. The minimum Gasteiger partial charge on any atom is -1.00 e. The predicted molar refractivity (Wildman–Crippen MR) is 134 cm³/mol. The van der Waals surface area contributed by atoms with Crippen molar-refractivity contribution < 1.29 is 35.7 Å². The van der Waals surface area contributed by atoms with E-state index in [-0.39, 0.29) is 29.1 Å². The number of fused-ring (bicyclic) bond motifs is 3. The quantitative estimate of drug-likeness (QED) is 0.223. The Hall–Kier alpha value is -1.69. The van der Waals surface area contributed by atoms with E-state index in [1.165, 1.54) is 31.5 Å². The summed E-state index contributed by atoms with van der Waals surface area (Å²) in [5.74, 6) is 0.561. The maximum absolute atomic E-state index is 13.9. The minimum atomic E-state index is -0.465. The summed E-state index contributed by atoms with van der Waals surface area (Å²) in [5.41, 5.74) is 1.91. The molecule has 0 N–H and O–H groups in total. The van der Waals surface area contributed by atoms with E-state index in [0.717, 1.165) is 68.3 Å². The number of hydrogen-bond acceptors (Lipinski definition) is 3. The molecule has 1 saturated carbocycles. The molecule has 3 saturated heterocycles. The molecule has 190 valence electrons. The van der Waals surface area contributed by atoms with Gasteiger partial charge in [-0.3, -0.25) is 4.79 Å². The zero-order valence-corrected chi connectivity index (χ0v) is 22.5. The Morgan fingerprint density at radius 1 is 0.886 bits per heavy atom. The first-order chi connectivity index (χ1) is 16.7. The van der Waals surface area contributed by atoms with Crippen LogP contribution in [0.1, 0.15) is 62.5 Å². The number of nitrogens with zero attached hydrogens (tertiary/aromatic N) is 1. The highest BCUT2D eigenvalue weighted by Gasteiger charge is 2.50. The molecule has 35 heavy (non-hydrogen) atoms. The number of rotatable bonds is 8. The Kier molecular flexibility index (Phi) is 9.07. The summed E-state index contributed by atoms with van der Waals surface area (Å²) >= 11 is 0. The third kappa shape index (κ3) is 6.00. The molecule has 1 atom stereocenters. The average molecular weight is 543 g/mol. The Morgan fingerprint density at radius 3 is 2.17 bits per heavy atom. The van der Waals surface area contributed by atoms with Crippen molar-refractivity contribution in [1.29, 1.82) is 0 Å². The fourth-order valence-corrected chi connectivity index (χ4v) is 6.64. The molecule has 2 bridgehead atoms. The molecule has 2 aromatic rings. The van der Waals surface area contributed by atoms with Crippen molar-refractivity contribution in [1.82, 2.24) is 0 Å². The van der Waals surface area contributed by atoms with Crippen LogP contribution in [0.3, 0.4) is 0 Å². The molecule has 4 nitrogen and oxygen atoms in total.